The highest BCUT2D eigenvalue weighted by Crippen LogP contribution is 2.47. The van der Waals surface area contributed by atoms with Gasteiger partial charge in [-0.2, -0.15) is 0 Å². The Labute approximate surface area is 328 Å². The standard InChI is InChI=1S/C54H34N2O/c1-3-15-39(16-4-1)55(41-28-25-37-24-23-35-13-7-9-19-43(35)46(37)32-41)42-33-47(54-52(34-42)57-51-30-27-36-14-8-10-20-44(36)53(51)54)38-26-29-50-48(31-38)45-21-11-12-22-49(45)56(50)40-17-5-2-6-18-40/h1-34H. The number of benzene rings is 10. The van der Waals surface area contributed by atoms with Gasteiger partial charge >= 0.3 is 0 Å². The first-order chi connectivity index (χ1) is 28.3. The molecule has 12 rings (SSSR count). The lowest BCUT2D eigenvalue weighted by Gasteiger charge is -2.26. The molecule has 0 aliphatic rings. The number of furan rings is 1. The predicted octanol–water partition coefficient (Wildman–Crippen LogP) is 15.3. The predicted molar refractivity (Wildman–Crippen MR) is 241 cm³/mol. The number of hydrogen-bond acceptors (Lipinski definition) is 2. The number of aromatic nitrogens is 1. The van der Waals surface area contributed by atoms with Crippen LogP contribution >= 0.6 is 0 Å². The van der Waals surface area contributed by atoms with Gasteiger partial charge in [-0.05, 0) is 110 Å². The average molecular weight is 727 g/mol. The molecule has 0 fully saturated rings. The van der Waals surface area contributed by atoms with Crippen molar-refractivity contribution in [2.75, 3.05) is 4.90 Å². The smallest absolute Gasteiger partial charge is 0.138 e. The van der Waals surface area contributed by atoms with E-state index >= 15 is 0 Å². The second-order valence-electron chi connectivity index (χ2n) is 14.9. The van der Waals surface area contributed by atoms with Crippen molar-refractivity contribution in [3.63, 3.8) is 0 Å². The van der Waals surface area contributed by atoms with Crippen molar-refractivity contribution in [3.8, 4) is 16.8 Å². The lowest BCUT2D eigenvalue weighted by atomic mass is 9.94. The summed E-state index contributed by atoms with van der Waals surface area (Å²) >= 11 is 0. The van der Waals surface area contributed by atoms with Gasteiger partial charge in [0.2, 0.25) is 0 Å². The molecular weight excluding hydrogens is 693 g/mol. The molecule has 0 N–H and O–H groups in total. The molecule has 2 heterocycles. The van der Waals surface area contributed by atoms with Crippen molar-refractivity contribution in [2.45, 2.75) is 0 Å². The van der Waals surface area contributed by atoms with E-state index in [0.29, 0.717) is 0 Å². The molecule has 3 heteroatoms. The van der Waals surface area contributed by atoms with Gasteiger partial charge in [-0.15, -0.1) is 0 Å². The molecule has 0 saturated heterocycles. The molecule has 0 spiro atoms. The van der Waals surface area contributed by atoms with E-state index in [1.807, 2.05) is 0 Å². The van der Waals surface area contributed by atoms with Crippen molar-refractivity contribution in [2.24, 2.45) is 0 Å². The molecule has 0 aliphatic carbocycles. The van der Waals surface area contributed by atoms with Crippen LogP contribution in [0.3, 0.4) is 0 Å². The maximum Gasteiger partial charge on any atom is 0.138 e. The fourth-order valence-corrected chi connectivity index (χ4v) is 9.16. The van der Waals surface area contributed by atoms with E-state index in [-0.39, 0.29) is 0 Å². The van der Waals surface area contributed by atoms with E-state index in [2.05, 4.69) is 216 Å². The molecule has 266 valence electrons. The summed E-state index contributed by atoms with van der Waals surface area (Å²) in [5.41, 5.74) is 10.7. The highest BCUT2D eigenvalue weighted by atomic mass is 16.3. The minimum atomic E-state index is 0.854. The molecule has 0 amide bonds. The van der Waals surface area contributed by atoms with Crippen LogP contribution in [0.2, 0.25) is 0 Å². The molecule has 2 aromatic heterocycles. The summed E-state index contributed by atoms with van der Waals surface area (Å²) < 4.78 is 9.28. The van der Waals surface area contributed by atoms with Crippen LogP contribution in [0.4, 0.5) is 17.1 Å². The molecular formula is C54H34N2O. The zero-order valence-corrected chi connectivity index (χ0v) is 30.9. The van der Waals surface area contributed by atoms with Crippen LogP contribution in [0.15, 0.2) is 211 Å². The molecule has 0 bridgehead atoms. The van der Waals surface area contributed by atoms with Gasteiger partial charge in [0, 0.05) is 44.7 Å². The Morgan fingerprint density at radius 3 is 1.81 bits per heavy atom. The quantitative estimate of drug-likeness (QED) is 0.165. The second-order valence-corrected chi connectivity index (χ2v) is 14.9. The third-order valence-electron chi connectivity index (χ3n) is 11.7. The third-order valence-corrected chi connectivity index (χ3v) is 11.7. The molecule has 57 heavy (non-hydrogen) atoms. The van der Waals surface area contributed by atoms with E-state index in [9.17, 15) is 0 Å². The molecule has 10 aromatic carbocycles. The number of nitrogens with zero attached hydrogens (tertiary/aromatic N) is 2. The molecule has 12 aromatic rings. The van der Waals surface area contributed by atoms with Crippen molar-refractivity contribution in [1.82, 2.24) is 4.57 Å². The Kier molecular flexibility index (Phi) is 6.93. The molecule has 3 nitrogen and oxygen atoms in total. The monoisotopic (exact) mass is 726 g/mol. The van der Waals surface area contributed by atoms with Crippen LogP contribution in [-0.2, 0) is 0 Å². The van der Waals surface area contributed by atoms with E-state index < -0.39 is 0 Å². The molecule has 0 unspecified atom stereocenters. The van der Waals surface area contributed by atoms with Gasteiger partial charge in [0.05, 0.1) is 16.7 Å². The summed E-state index contributed by atoms with van der Waals surface area (Å²) in [7, 11) is 0. The highest BCUT2D eigenvalue weighted by Gasteiger charge is 2.22. The van der Waals surface area contributed by atoms with Crippen LogP contribution in [-0.4, -0.2) is 4.57 Å². The normalized spacial score (nSPS) is 11.9. The van der Waals surface area contributed by atoms with Crippen molar-refractivity contribution >= 4 is 93.1 Å². The number of rotatable bonds is 5. The van der Waals surface area contributed by atoms with E-state index in [4.69, 9.17) is 4.42 Å². The minimum Gasteiger partial charge on any atom is -0.456 e. The first-order valence-corrected chi connectivity index (χ1v) is 19.5. The van der Waals surface area contributed by atoms with Crippen LogP contribution < -0.4 is 4.90 Å². The maximum atomic E-state index is 6.90. The molecule has 0 saturated carbocycles. The largest absolute Gasteiger partial charge is 0.456 e. The molecule has 0 radical (unpaired) electrons. The Hall–Kier alpha value is -7.62. The summed E-state index contributed by atoms with van der Waals surface area (Å²) in [6.45, 7) is 0. The van der Waals surface area contributed by atoms with Crippen LogP contribution in [0.1, 0.15) is 0 Å². The SMILES string of the molecule is c1ccc(N(c2cc(-c3ccc4c(c3)c3ccccc3n4-c3ccccc3)c3c(c2)oc2ccc4ccccc4c23)c2ccc3ccc4ccccc4c3c2)cc1. The number of para-hydroxylation sites is 3. The maximum absolute atomic E-state index is 6.90. The summed E-state index contributed by atoms with van der Waals surface area (Å²) in [4.78, 5) is 2.37. The topological polar surface area (TPSA) is 21.3 Å². The second kappa shape index (κ2) is 12.5. The first-order valence-electron chi connectivity index (χ1n) is 19.5. The number of hydrogen-bond donors (Lipinski definition) is 0. The lowest BCUT2D eigenvalue weighted by Crippen LogP contribution is -2.10. The Morgan fingerprint density at radius 1 is 0.351 bits per heavy atom. The van der Waals surface area contributed by atoms with Crippen LogP contribution in [0.5, 0.6) is 0 Å². The minimum absolute atomic E-state index is 0.854. The van der Waals surface area contributed by atoms with E-state index in [1.165, 1.54) is 54.1 Å². The van der Waals surface area contributed by atoms with Crippen molar-refractivity contribution < 1.29 is 4.42 Å². The van der Waals surface area contributed by atoms with Gasteiger partial charge < -0.3 is 13.9 Å². The molecule has 0 atom stereocenters. The van der Waals surface area contributed by atoms with Gasteiger partial charge in [-0.25, -0.2) is 0 Å². The van der Waals surface area contributed by atoms with Gasteiger partial charge in [0.25, 0.3) is 0 Å². The van der Waals surface area contributed by atoms with Gasteiger partial charge in [-0.3, -0.25) is 0 Å². The highest BCUT2D eigenvalue weighted by molar-refractivity contribution is 6.24. The van der Waals surface area contributed by atoms with E-state index in [1.54, 1.807) is 0 Å². The van der Waals surface area contributed by atoms with Crippen LogP contribution in [0, 0.1) is 0 Å². The number of anilines is 3. The van der Waals surface area contributed by atoms with E-state index in [0.717, 1.165) is 55.8 Å². The summed E-state index contributed by atoms with van der Waals surface area (Å²) in [5.74, 6) is 0. The average Bonchev–Trinajstić information content (AvgIpc) is 3.83. The van der Waals surface area contributed by atoms with Gasteiger partial charge in [0.15, 0.2) is 0 Å². The lowest BCUT2D eigenvalue weighted by molar-refractivity contribution is 0.669. The fourth-order valence-electron chi connectivity index (χ4n) is 9.16. The Morgan fingerprint density at radius 2 is 0.982 bits per heavy atom. The number of fused-ring (bicyclic) bond motifs is 11. The van der Waals surface area contributed by atoms with Crippen molar-refractivity contribution in [1.29, 1.82) is 0 Å². The van der Waals surface area contributed by atoms with Gasteiger partial charge in [-0.1, -0.05) is 133 Å². The summed E-state index contributed by atoms with van der Waals surface area (Å²) in [6, 6.07) is 74.5. The Bertz CT molecular complexity index is 3520. The zero-order chi connectivity index (χ0) is 37.5. The van der Waals surface area contributed by atoms with Crippen molar-refractivity contribution in [3.05, 3.63) is 206 Å². The van der Waals surface area contributed by atoms with Crippen LogP contribution in [0.25, 0.3) is 92.9 Å². The fraction of sp³-hybridized carbons (Fsp3) is 0. The Balaban J connectivity index is 1.17. The zero-order valence-electron chi connectivity index (χ0n) is 30.9. The third kappa shape index (κ3) is 4.92. The first kappa shape index (κ1) is 31.7. The van der Waals surface area contributed by atoms with Gasteiger partial charge in [0.1, 0.15) is 11.2 Å². The molecule has 0 aliphatic heterocycles. The summed E-state index contributed by atoms with van der Waals surface area (Å²) in [5, 5.41) is 12.0. The summed E-state index contributed by atoms with van der Waals surface area (Å²) in [6.07, 6.45) is 0.